The average Bonchev–Trinajstić information content (AvgIpc) is 2.14. The summed E-state index contributed by atoms with van der Waals surface area (Å²) in [6.45, 7) is 0. The highest BCUT2D eigenvalue weighted by Gasteiger charge is 2.21. The second-order valence-electron chi connectivity index (χ2n) is 2.51. The molecule has 0 unspecified atom stereocenters. The highest BCUT2D eigenvalue weighted by molar-refractivity contribution is 6.34. The predicted octanol–water partition coefficient (Wildman–Crippen LogP) is 1.12. The van der Waals surface area contributed by atoms with E-state index in [0.29, 0.717) is 0 Å². The summed E-state index contributed by atoms with van der Waals surface area (Å²) in [6.07, 6.45) is 0. The van der Waals surface area contributed by atoms with Crippen molar-refractivity contribution in [1.29, 1.82) is 0 Å². The standard InChI is InChI=1S/C8H8ClNO4/c1-14-8(13)5-4(11)2-3(9)6(10)7(5)12/h2,11-12H,10H2,1H3. The van der Waals surface area contributed by atoms with Crippen molar-refractivity contribution in [3.8, 4) is 11.5 Å². The molecule has 0 saturated heterocycles. The Morgan fingerprint density at radius 1 is 1.57 bits per heavy atom. The van der Waals surface area contributed by atoms with Crippen LogP contribution in [0.25, 0.3) is 0 Å². The van der Waals surface area contributed by atoms with Gasteiger partial charge < -0.3 is 20.7 Å². The second-order valence-corrected chi connectivity index (χ2v) is 2.91. The third kappa shape index (κ3) is 1.54. The molecule has 14 heavy (non-hydrogen) atoms. The molecule has 0 aromatic heterocycles. The van der Waals surface area contributed by atoms with E-state index in [-0.39, 0.29) is 10.7 Å². The van der Waals surface area contributed by atoms with Crippen LogP contribution in [-0.2, 0) is 4.74 Å². The fourth-order valence-corrected chi connectivity index (χ4v) is 1.14. The van der Waals surface area contributed by atoms with Gasteiger partial charge in [0.15, 0.2) is 5.75 Å². The number of methoxy groups -OCH3 is 1. The number of hydrogen-bond donors (Lipinski definition) is 3. The zero-order chi connectivity index (χ0) is 10.9. The number of anilines is 1. The first-order valence-corrected chi connectivity index (χ1v) is 3.95. The first-order valence-electron chi connectivity index (χ1n) is 3.57. The first kappa shape index (κ1) is 10.5. The van der Waals surface area contributed by atoms with Gasteiger partial charge in [0.1, 0.15) is 11.3 Å². The third-order valence-corrected chi connectivity index (χ3v) is 1.97. The Kier molecular flexibility index (Phi) is 2.71. The van der Waals surface area contributed by atoms with Crippen molar-refractivity contribution in [2.24, 2.45) is 0 Å². The monoisotopic (exact) mass is 217 g/mol. The van der Waals surface area contributed by atoms with Gasteiger partial charge >= 0.3 is 5.97 Å². The van der Waals surface area contributed by atoms with Crippen LogP contribution in [0.1, 0.15) is 10.4 Å². The SMILES string of the molecule is COC(=O)c1c(O)cc(Cl)c(N)c1O. The van der Waals surface area contributed by atoms with E-state index in [1.54, 1.807) is 0 Å². The highest BCUT2D eigenvalue weighted by Crippen LogP contribution is 2.38. The number of carbonyl (C=O) groups excluding carboxylic acids is 1. The average molecular weight is 218 g/mol. The van der Waals surface area contributed by atoms with Crippen molar-refractivity contribution in [1.82, 2.24) is 0 Å². The van der Waals surface area contributed by atoms with Crippen LogP contribution in [-0.4, -0.2) is 23.3 Å². The van der Waals surface area contributed by atoms with Gasteiger partial charge in [-0.15, -0.1) is 0 Å². The summed E-state index contributed by atoms with van der Waals surface area (Å²) >= 11 is 5.54. The summed E-state index contributed by atoms with van der Waals surface area (Å²) < 4.78 is 4.34. The highest BCUT2D eigenvalue weighted by atomic mass is 35.5. The predicted molar refractivity (Wildman–Crippen MR) is 50.5 cm³/mol. The number of esters is 1. The zero-order valence-corrected chi connectivity index (χ0v) is 8.00. The minimum Gasteiger partial charge on any atom is -0.507 e. The maximum Gasteiger partial charge on any atom is 0.345 e. The normalized spacial score (nSPS) is 9.86. The summed E-state index contributed by atoms with van der Waals surface area (Å²) in [5.41, 5.74) is 4.77. The van der Waals surface area contributed by atoms with Crippen molar-refractivity contribution in [2.75, 3.05) is 12.8 Å². The van der Waals surface area contributed by atoms with Gasteiger partial charge in [-0.25, -0.2) is 4.79 Å². The third-order valence-electron chi connectivity index (χ3n) is 1.66. The van der Waals surface area contributed by atoms with Gasteiger partial charge in [-0.1, -0.05) is 11.6 Å². The minimum absolute atomic E-state index is 0.0346. The van der Waals surface area contributed by atoms with E-state index in [4.69, 9.17) is 17.3 Å². The molecule has 0 atom stereocenters. The molecule has 1 aromatic carbocycles. The second kappa shape index (κ2) is 3.63. The van der Waals surface area contributed by atoms with Crippen molar-refractivity contribution in [3.05, 3.63) is 16.7 Å². The van der Waals surface area contributed by atoms with Crippen molar-refractivity contribution in [3.63, 3.8) is 0 Å². The molecular weight excluding hydrogens is 210 g/mol. The molecule has 1 aromatic rings. The maximum atomic E-state index is 11.1. The van der Waals surface area contributed by atoms with Gasteiger partial charge in [0, 0.05) is 6.07 Å². The molecule has 0 saturated carbocycles. The summed E-state index contributed by atoms with van der Waals surface area (Å²) in [4.78, 5) is 11.1. The maximum absolute atomic E-state index is 11.1. The Labute approximate surface area is 84.7 Å². The summed E-state index contributed by atoms with van der Waals surface area (Å²) in [5, 5.41) is 18.7. The van der Waals surface area contributed by atoms with E-state index >= 15 is 0 Å². The Bertz CT molecular complexity index is 391. The number of hydrogen-bond acceptors (Lipinski definition) is 5. The quantitative estimate of drug-likeness (QED) is 0.284. The Balaban J connectivity index is 3.44. The van der Waals surface area contributed by atoms with Gasteiger partial charge in [0.2, 0.25) is 0 Å². The molecule has 0 spiro atoms. The molecule has 1 rings (SSSR count). The van der Waals surface area contributed by atoms with Crippen molar-refractivity contribution in [2.45, 2.75) is 0 Å². The van der Waals surface area contributed by atoms with E-state index in [9.17, 15) is 15.0 Å². The number of rotatable bonds is 1. The molecule has 0 fully saturated rings. The van der Waals surface area contributed by atoms with E-state index < -0.39 is 23.0 Å². The fraction of sp³-hybridized carbons (Fsp3) is 0.125. The number of aromatic hydroxyl groups is 2. The van der Waals surface area contributed by atoms with Crippen molar-refractivity contribution < 1.29 is 19.7 Å². The van der Waals surface area contributed by atoms with Crippen LogP contribution < -0.4 is 5.73 Å². The van der Waals surface area contributed by atoms with Crippen LogP contribution in [0.4, 0.5) is 5.69 Å². The van der Waals surface area contributed by atoms with Gasteiger partial charge in [0.25, 0.3) is 0 Å². The van der Waals surface area contributed by atoms with Gasteiger partial charge in [-0.2, -0.15) is 0 Å². The molecule has 0 heterocycles. The van der Waals surface area contributed by atoms with Gasteiger partial charge in [0.05, 0.1) is 17.8 Å². The minimum atomic E-state index is -0.886. The molecule has 76 valence electrons. The lowest BCUT2D eigenvalue weighted by molar-refractivity contribution is 0.0594. The lowest BCUT2D eigenvalue weighted by Crippen LogP contribution is -2.04. The number of nitrogen functional groups attached to an aromatic ring is 1. The van der Waals surface area contributed by atoms with Crippen LogP contribution >= 0.6 is 11.6 Å². The summed E-state index contributed by atoms with van der Waals surface area (Å²) in [6, 6.07) is 1.06. The Morgan fingerprint density at radius 3 is 2.64 bits per heavy atom. The fourth-order valence-electron chi connectivity index (χ4n) is 0.942. The van der Waals surface area contributed by atoms with E-state index in [1.807, 2.05) is 0 Å². The molecule has 6 heteroatoms. The van der Waals surface area contributed by atoms with Crippen LogP contribution in [0.5, 0.6) is 11.5 Å². The number of halogens is 1. The molecule has 4 N–H and O–H groups in total. The van der Waals surface area contributed by atoms with Crippen LogP contribution in [0, 0.1) is 0 Å². The van der Waals surface area contributed by atoms with E-state index in [0.717, 1.165) is 13.2 Å². The molecule has 0 aliphatic rings. The largest absolute Gasteiger partial charge is 0.507 e. The Hall–Kier alpha value is -1.62. The van der Waals surface area contributed by atoms with Gasteiger partial charge in [-0.3, -0.25) is 0 Å². The number of benzene rings is 1. The van der Waals surface area contributed by atoms with Crippen LogP contribution in [0.2, 0.25) is 5.02 Å². The summed E-state index contributed by atoms with van der Waals surface area (Å²) in [7, 11) is 1.12. The molecule has 0 radical (unpaired) electrons. The lowest BCUT2D eigenvalue weighted by atomic mass is 10.1. The molecule has 0 aliphatic heterocycles. The summed E-state index contributed by atoms with van der Waals surface area (Å²) in [5.74, 6) is -1.95. The molecule has 0 amide bonds. The van der Waals surface area contributed by atoms with Crippen LogP contribution in [0.15, 0.2) is 6.07 Å². The molecular formula is C8H8ClNO4. The zero-order valence-electron chi connectivity index (χ0n) is 7.24. The molecule has 0 bridgehead atoms. The molecule has 0 aliphatic carbocycles. The number of carbonyl (C=O) groups is 1. The molecule has 5 nitrogen and oxygen atoms in total. The smallest absolute Gasteiger partial charge is 0.345 e. The van der Waals surface area contributed by atoms with Gasteiger partial charge in [-0.05, 0) is 0 Å². The van der Waals surface area contributed by atoms with E-state index in [2.05, 4.69) is 4.74 Å². The lowest BCUT2D eigenvalue weighted by Gasteiger charge is -2.08. The van der Waals surface area contributed by atoms with Crippen molar-refractivity contribution >= 4 is 23.3 Å². The number of phenolic OH excluding ortho intramolecular Hbond substituents is 2. The number of nitrogens with two attached hydrogens (primary N) is 1. The number of ether oxygens (including phenoxy) is 1. The number of phenols is 2. The topological polar surface area (TPSA) is 92.8 Å². The first-order chi connectivity index (χ1) is 6.49. The van der Waals surface area contributed by atoms with Crippen LogP contribution in [0.3, 0.4) is 0 Å². The van der Waals surface area contributed by atoms with E-state index in [1.165, 1.54) is 0 Å². The Morgan fingerprint density at radius 2 is 2.14 bits per heavy atom.